The first-order valence-electron chi connectivity index (χ1n) is 10.0. The number of esters is 1. The second-order valence-corrected chi connectivity index (χ2v) is 6.71. The highest BCUT2D eigenvalue weighted by atomic mass is 16.5. The van der Waals surface area contributed by atoms with E-state index in [0.29, 0.717) is 19.4 Å². The van der Waals surface area contributed by atoms with E-state index in [-0.39, 0.29) is 12.4 Å². The number of carbonyl (C=O) groups excluding carboxylic acids is 1. The van der Waals surface area contributed by atoms with E-state index in [4.69, 9.17) is 9.84 Å². The van der Waals surface area contributed by atoms with E-state index >= 15 is 0 Å². The Morgan fingerprint density at radius 2 is 1.12 bits per heavy atom. The predicted molar refractivity (Wildman–Crippen MR) is 98.1 cm³/mol. The highest BCUT2D eigenvalue weighted by molar-refractivity contribution is 5.69. The quantitative estimate of drug-likeness (QED) is 0.250. The predicted octanol–water partition coefficient (Wildman–Crippen LogP) is 5.88. The van der Waals surface area contributed by atoms with Gasteiger partial charge in [0.25, 0.3) is 0 Å². The van der Waals surface area contributed by atoms with E-state index in [9.17, 15) is 9.59 Å². The van der Waals surface area contributed by atoms with Gasteiger partial charge in [-0.15, -0.1) is 0 Å². The molecule has 4 nitrogen and oxygen atoms in total. The van der Waals surface area contributed by atoms with Gasteiger partial charge in [-0.2, -0.15) is 0 Å². The van der Waals surface area contributed by atoms with Crippen molar-refractivity contribution in [3.63, 3.8) is 0 Å². The fourth-order valence-corrected chi connectivity index (χ4v) is 2.75. The zero-order valence-corrected chi connectivity index (χ0v) is 15.7. The molecule has 24 heavy (non-hydrogen) atoms. The Kier molecular flexibility index (Phi) is 17.5. The van der Waals surface area contributed by atoms with Crippen LogP contribution in [0.4, 0.5) is 0 Å². The van der Waals surface area contributed by atoms with Crippen molar-refractivity contribution in [2.45, 2.75) is 110 Å². The topological polar surface area (TPSA) is 63.6 Å². The summed E-state index contributed by atoms with van der Waals surface area (Å²) in [6, 6.07) is 0. The highest BCUT2D eigenvalue weighted by Gasteiger charge is 2.03. The zero-order valence-electron chi connectivity index (χ0n) is 15.7. The SMILES string of the molecule is CCCCCCCCCCCCCOC(=O)CCCCCC(=O)O. The third-order valence-electron chi connectivity index (χ3n) is 4.28. The summed E-state index contributed by atoms with van der Waals surface area (Å²) < 4.78 is 5.20. The molecule has 0 bridgehead atoms. The van der Waals surface area contributed by atoms with Gasteiger partial charge < -0.3 is 9.84 Å². The largest absolute Gasteiger partial charge is 0.481 e. The molecule has 0 aromatic rings. The highest BCUT2D eigenvalue weighted by Crippen LogP contribution is 2.11. The molecule has 0 radical (unpaired) electrons. The smallest absolute Gasteiger partial charge is 0.305 e. The van der Waals surface area contributed by atoms with Crippen LogP contribution in [0.5, 0.6) is 0 Å². The van der Waals surface area contributed by atoms with Gasteiger partial charge in [0.15, 0.2) is 0 Å². The second-order valence-electron chi connectivity index (χ2n) is 6.71. The Labute approximate surface area is 148 Å². The van der Waals surface area contributed by atoms with Crippen molar-refractivity contribution in [3.8, 4) is 0 Å². The fourth-order valence-electron chi connectivity index (χ4n) is 2.75. The molecule has 0 aromatic carbocycles. The van der Waals surface area contributed by atoms with Crippen LogP contribution in [0, 0.1) is 0 Å². The summed E-state index contributed by atoms with van der Waals surface area (Å²) in [7, 11) is 0. The Balaban J connectivity index is 3.15. The van der Waals surface area contributed by atoms with Gasteiger partial charge in [-0.05, 0) is 19.3 Å². The average Bonchev–Trinajstić information content (AvgIpc) is 2.55. The summed E-state index contributed by atoms with van der Waals surface area (Å²) in [5, 5.41) is 8.51. The normalized spacial score (nSPS) is 10.7. The number of carboxylic acid groups (broad SMARTS) is 1. The van der Waals surface area contributed by atoms with E-state index < -0.39 is 5.97 Å². The van der Waals surface area contributed by atoms with Crippen LogP contribution < -0.4 is 0 Å². The molecule has 0 aromatic heterocycles. The molecule has 0 rings (SSSR count). The van der Waals surface area contributed by atoms with Crippen molar-refractivity contribution in [1.29, 1.82) is 0 Å². The maximum atomic E-state index is 11.5. The Hall–Kier alpha value is -1.06. The minimum absolute atomic E-state index is 0.141. The molecule has 4 heteroatoms. The summed E-state index contributed by atoms with van der Waals surface area (Å²) in [6.07, 6.45) is 16.9. The van der Waals surface area contributed by atoms with Gasteiger partial charge >= 0.3 is 11.9 Å². The minimum atomic E-state index is -0.769. The van der Waals surface area contributed by atoms with Crippen molar-refractivity contribution in [2.24, 2.45) is 0 Å². The molecule has 0 heterocycles. The molecule has 0 aliphatic carbocycles. The minimum Gasteiger partial charge on any atom is -0.481 e. The molecule has 142 valence electrons. The van der Waals surface area contributed by atoms with Crippen molar-refractivity contribution < 1.29 is 19.4 Å². The lowest BCUT2D eigenvalue weighted by molar-refractivity contribution is -0.143. The Morgan fingerprint density at radius 3 is 1.67 bits per heavy atom. The Bertz CT molecular complexity index is 302. The van der Waals surface area contributed by atoms with E-state index in [1.54, 1.807) is 0 Å². The van der Waals surface area contributed by atoms with E-state index in [1.165, 1.54) is 57.8 Å². The monoisotopic (exact) mass is 342 g/mol. The average molecular weight is 343 g/mol. The van der Waals surface area contributed by atoms with Gasteiger partial charge in [0.05, 0.1) is 6.61 Å². The number of hydrogen-bond acceptors (Lipinski definition) is 3. The molecule has 0 saturated carbocycles. The van der Waals surface area contributed by atoms with Gasteiger partial charge in [0.2, 0.25) is 0 Å². The summed E-state index contributed by atoms with van der Waals surface area (Å²) in [5.41, 5.74) is 0. The van der Waals surface area contributed by atoms with Crippen molar-refractivity contribution in [3.05, 3.63) is 0 Å². The van der Waals surface area contributed by atoms with Gasteiger partial charge in [-0.3, -0.25) is 9.59 Å². The molecular formula is C20H38O4. The van der Waals surface area contributed by atoms with Crippen molar-refractivity contribution in [1.82, 2.24) is 0 Å². The number of carbonyl (C=O) groups is 2. The number of carboxylic acids is 1. The summed E-state index contributed by atoms with van der Waals surface area (Å²) in [4.78, 5) is 21.8. The lowest BCUT2D eigenvalue weighted by Crippen LogP contribution is -2.05. The molecule has 0 aliphatic rings. The van der Waals surface area contributed by atoms with Gasteiger partial charge in [-0.25, -0.2) is 0 Å². The maximum Gasteiger partial charge on any atom is 0.305 e. The van der Waals surface area contributed by atoms with Crippen LogP contribution in [0.25, 0.3) is 0 Å². The molecule has 0 amide bonds. The third kappa shape index (κ3) is 19.0. The van der Waals surface area contributed by atoms with Crippen LogP contribution in [0.2, 0.25) is 0 Å². The molecule has 0 spiro atoms. The number of ether oxygens (including phenoxy) is 1. The first kappa shape index (κ1) is 22.9. The third-order valence-corrected chi connectivity index (χ3v) is 4.28. The van der Waals surface area contributed by atoms with E-state index in [2.05, 4.69) is 6.92 Å². The second kappa shape index (κ2) is 18.3. The van der Waals surface area contributed by atoms with Crippen molar-refractivity contribution >= 4 is 11.9 Å². The first-order chi connectivity index (χ1) is 11.7. The van der Waals surface area contributed by atoms with Crippen LogP contribution in [-0.2, 0) is 14.3 Å². The molecule has 0 atom stereocenters. The van der Waals surface area contributed by atoms with Crippen molar-refractivity contribution in [2.75, 3.05) is 6.61 Å². The number of unbranched alkanes of at least 4 members (excludes halogenated alkanes) is 12. The molecule has 0 fully saturated rings. The van der Waals surface area contributed by atoms with E-state index in [1.807, 2.05) is 0 Å². The first-order valence-corrected chi connectivity index (χ1v) is 10.0. The van der Waals surface area contributed by atoms with Crippen LogP contribution in [-0.4, -0.2) is 23.7 Å². The number of rotatable bonds is 18. The van der Waals surface area contributed by atoms with Crippen LogP contribution in [0.15, 0.2) is 0 Å². The van der Waals surface area contributed by atoms with E-state index in [0.717, 1.165) is 25.7 Å². The van der Waals surface area contributed by atoms with Gasteiger partial charge in [0.1, 0.15) is 0 Å². The molecule has 0 unspecified atom stereocenters. The Morgan fingerprint density at radius 1 is 0.667 bits per heavy atom. The molecule has 0 aliphatic heterocycles. The number of aliphatic carboxylic acids is 1. The summed E-state index contributed by atoms with van der Waals surface area (Å²) in [6.45, 7) is 2.78. The van der Waals surface area contributed by atoms with Crippen LogP contribution in [0.1, 0.15) is 110 Å². The van der Waals surface area contributed by atoms with Crippen LogP contribution >= 0.6 is 0 Å². The lowest BCUT2D eigenvalue weighted by Gasteiger charge is -2.05. The lowest BCUT2D eigenvalue weighted by atomic mass is 10.1. The molecule has 0 saturated heterocycles. The van der Waals surface area contributed by atoms with Gasteiger partial charge in [0, 0.05) is 12.8 Å². The van der Waals surface area contributed by atoms with Crippen LogP contribution in [0.3, 0.4) is 0 Å². The molecule has 1 N–H and O–H groups in total. The fraction of sp³-hybridized carbons (Fsp3) is 0.900. The zero-order chi connectivity index (χ0) is 17.9. The summed E-state index contributed by atoms with van der Waals surface area (Å²) >= 11 is 0. The maximum absolute atomic E-state index is 11.5. The standard InChI is InChI=1S/C20H38O4/c1-2-3-4-5-6-7-8-9-10-11-15-18-24-20(23)17-14-12-13-16-19(21)22/h2-18H2,1H3,(H,21,22). The molecular weight excluding hydrogens is 304 g/mol. The number of hydrogen-bond donors (Lipinski definition) is 1. The van der Waals surface area contributed by atoms with Gasteiger partial charge in [-0.1, -0.05) is 77.6 Å². The summed E-state index contributed by atoms with van der Waals surface area (Å²) in [5.74, 6) is -0.911.